The maximum atomic E-state index is 11.4. The van der Waals surface area contributed by atoms with E-state index < -0.39 is 84.9 Å². The summed E-state index contributed by atoms with van der Waals surface area (Å²) in [5.74, 6) is -1.41. The minimum atomic E-state index is -1.24. The van der Waals surface area contributed by atoms with Crippen molar-refractivity contribution in [3.8, 4) is 0 Å². The lowest BCUT2D eigenvalue weighted by molar-refractivity contribution is -0.249. The zero-order valence-corrected chi connectivity index (χ0v) is 29.3. The quantitative estimate of drug-likeness (QED) is 0.217. The Bertz CT molecular complexity index is 1010. The smallest absolute Gasteiger partial charge is 0.303 e. The van der Waals surface area contributed by atoms with Crippen molar-refractivity contribution in [2.24, 2.45) is 5.92 Å². The van der Waals surface area contributed by atoms with E-state index in [1.807, 2.05) is 0 Å². The van der Waals surface area contributed by atoms with Gasteiger partial charge < -0.3 is 53.7 Å². The maximum absolute atomic E-state index is 11.4. The molecule has 4 rings (SSSR count). The molecule has 10 unspecified atom stereocenters. The largest absolute Gasteiger partial charge is 0.463 e. The number of ether oxygens (including phenoxy) is 6. The van der Waals surface area contributed by atoms with E-state index in [2.05, 4.69) is 11.8 Å². The van der Waals surface area contributed by atoms with E-state index in [0.717, 1.165) is 12.0 Å². The highest BCUT2D eigenvalue weighted by molar-refractivity contribution is 5.68. The topological polar surface area (TPSA) is 208 Å². The number of aliphatic hydroxyl groups is 4. The molecular weight excluding hydrogens is 682 g/mol. The van der Waals surface area contributed by atoms with Crippen molar-refractivity contribution in [3.05, 3.63) is 0 Å². The number of hydrogen-bond donors (Lipinski definition) is 4. The molecule has 0 aliphatic carbocycles. The highest BCUT2D eigenvalue weighted by Gasteiger charge is 2.50. The lowest BCUT2D eigenvalue weighted by atomic mass is 9.82. The fraction of sp³-hybridized carbons (Fsp3) is 0.892. The summed E-state index contributed by atoms with van der Waals surface area (Å²) in [4.78, 5) is 47.9. The predicted molar refractivity (Wildman–Crippen MR) is 196 cm³/mol. The molecular formula is C37H73NO14. The van der Waals surface area contributed by atoms with Gasteiger partial charge in [-0.25, -0.2) is 0 Å². The first-order chi connectivity index (χ1) is 22.6. The van der Waals surface area contributed by atoms with Crippen LogP contribution in [0.1, 0.15) is 117 Å². The van der Waals surface area contributed by atoms with Crippen LogP contribution in [0.15, 0.2) is 0 Å². The van der Waals surface area contributed by atoms with Gasteiger partial charge in [-0.15, -0.1) is 0 Å². The van der Waals surface area contributed by atoms with E-state index in [-0.39, 0.29) is 42.9 Å². The van der Waals surface area contributed by atoms with Crippen LogP contribution in [-0.4, -0.2) is 143 Å². The van der Waals surface area contributed by atoms with Crippen molar-refractivity contribution >= 4 is 23.9 Å². The molecule has 0 aromatic carbocycles. The lowest BCUT2D eigenvalue weighted by Crippen LogP contribution is -2.61. The van der Waals surface area contributed by atoms with Gasteiger partial charge in [0.2, 0.25) is 0 Å². The van der Waals surface area contributed by atoms with Crippen LogP contribution in [-0.2, 0) is 47.6 Å². The summed E-state index contributed by atoms with van der Waals surface area (Å²) in [5, 5.41) is 36.4. The molecule has 4 heterocycles. The Kier molecular flexibility index (Phi) is 27.4. The number of carbonyl (C=O) groups is 4. The van der Waals surface area contributed by atoms with Crippen LogP contribution in [0.5, 0.6) is 0 Å². The molecule has 4 saturated heterocycles. The van der Waals surface area contributed by atoms with Crippen LogP contribution in [0.2, 0.25) is 0 Å². The van der Waals surface area contributed by atoms with E-state index >= 15 is 0 Å². The first-order valence-corrected chi connectivity index (χ1v) is 17.0. The standard InChI is InChI=1S/C15H22O9.C11H21N.C7H14O5.4CH4/c1-7-13(22-9(3)17)15(24-11(5)19)14(23-10(4)18)12(21-7)6-20-8(2)16;1-2-10-6-5-9-12-8-4-3-7-11(10)12;1-3-5(9)7(11)6(10)4(2-8)12-3;;;;/h7,12-15H,6H2,1-5H3;10-11H,2-9H2,1H3;3-11H,2H2,1H3;4*1H4/t;10-,11-;;;;;/m.1...../s1. The third-order valence-electron chi connectivity index (χ3n) is 9.11. The molecule has 15 heteroatoms. The molecule has 0 radical (unpaired) electrons. The Morgan fingerprint density at radius 1 is 0.654 bits per heavy atom. The second kappa shape index (κ2) is 26.4. The average molecular weight is 756 g/mol. The van der Waals surface area contributed by atoms with Crippen LogP contribution in [0.4, 0.5) is 0 Å². The van der Waals surface area contributed by atoms with Gasteiger partial charge in [-0.2, -0.15) is 0 Å². The Labute approximate surface area is 312 Å². The number of hydrogen-bond acceptors (Lipinski definition) is 15. The zero-order chi connectivity index (χ0) is 36.1. The molecule has 4 aliphatic heterocycles. The minimum absolute atomic E-state index is 0. The summed E-state index contributed by atoms with van der Waals surface area (Å²) in [6.07, 6.45) is -0.851. The minimum Gasteiger partial charge on any atom is -0.463 e. The number of piperidine rings is 2. The fourth-order valence-electron chi connectivity index (χ4n) is 6.79. The van der Waals surface area contributed by atoms with E-state index in [9.17, 15) is 34.5 Å². The van der Waals surface area contributed by atoms with Crippen LogP contribution in [0, 0.1) is 5.92 Å². The summed E-state index contributed by atoms with van der Waals surface area (Å²) in [6, 6.07) is 0.970. The van der Waals surface area contributed by atoms with Crippen molar-refractivity contribution in [1.82, 2.24) is 4.90 Å². The Morgan fingerprint density at radius 2 is 1.17 bits per heavy atom. The van der Waals surface area contributed by atoms with Crippen LogP contribution >= 0.6 is 0 Å². The molecule has 4 aliphatic rings. The molecule has 0 saturated carbocycles. The molecule has 0 bridgehead atoms. The van der Waals surface area contributed by atoms with Gasteiger partial charge >= 0.3 is 23.9 Å². The first-order valence-electron chi connectivity index (χ1n) is 17.0. The summed E-state index contributed by atoms with van der Waals surface area (Å²) in [5.41, 5.74) is 0. The predicted octanol–water partition coefficient (Wildman–Crippen LogP) is 3.19. The molecule has 0 aromatic rings. The normalized spacial score (nSPS) is 33.6. The highest BCUT2D eigenvalue weighted by Crippen LogP contribution is 2.32. The van der Waals surface area contributed by atoms with Crippen molar-refractivity contribution in [2.75, 3.05) is 26.3 Å². The zero-order valence-electron chi connectivity index (χ0n) is 29.3. The number of rotatable bonds is 7. The number of aliphatic hydroxyl groups excluding tert-OH is 4. The van der Waals surface area contributed by atoms with Crippen molar-refractivity contribution < 1.29 is 68.0 Å². The summed E-state index contributed by atoms with van der Waals surface area (Å²) < 4.78 is 31.1. The third-order valence-corrected chi connectivity index (χ3v) is 9.11. The number of esters is 4. The van der Waals surface area contributed by atoms with Crippen molar-refractivity contribution in [3.63, 3.8) is 0 Å². The van der Waals surface area contributed by atoms with E-state index in [0.29, 0.717) is 0 Å². The Morgan fingerprint density at radius 3 is 1.69 bits per heavy atom. The van der Waals surface area contributed by atoms with Crippen LogP contribution in [0.25, 0.3) is 0 Å². The van der Waals surface area contributed by atoms with Gasteiger partial charge in [0, 0.05) is 33.7 Å². The van der Waals surface area contributed by atoms with Crippen molar-refractivity contribution in [2.45, 2.75) is 184 Å². The molecule has 15 nitrogen and oxygen atoms in total. The van der Waals surface area contributed by atoms with E-state index in [4.69, 9.17) is 33.5 Å². The monoisotopic (exact) mass is 756 g/mol. The number of nitrogens with zero attached hydrogens (tertiary/aromatic N) is 1. The number of fused-ring (bicyclic) bond motifs is 1. The number of carbonyl (C=O) groups excluding carboxylic acids is 4. The molecule has 0 spiro atoms. The third kappa shape index (κ3) is 16.3. The van der Waals surface area contributed by atoms with Gasteiger partial charge in [-0.3, -0.25) is 19.2 Å². The van der Waals surface area contributed by atoms with Crippen LogP contribution in [0.3, 0.4) is 0 Å². The van der Waals surface area contributed by atoms with Gasteiger partial charge in [-0.1, -0.05) is 49.5 Å². The first kappa shape index (κ1) is 53.9. The summed E-state index contributed by atoms with van der Waals surface area (Å²) >= 11 is 0. The second-order valence-corrected chi connectivity index (χ2v) is 12.8. The van der Waals surface area contributed by atoms with Gasteiger partial charge in [0.05, 0.1) is 18.8 Å². The van der Waals surface area contributed by atoms with Crippen molar-refractivity contribution in [1.29, 1.82) is 0 Å². The molecule has 310 valence electrons. The van der Waals surface area contributed by atoms with Gasteiger partial charge in [-0.05, 0) is 58.5 Å². The van der Waals surface area contributed by atoms with E-state index in [1.54, 1.807) is 13.8 Å². The van der Waals surface area contributed by atoms with E-state index in [1.165, 1.54) is 79.3 Å². The molecule has 0 amide bonds. The Balaban J connectivity index is -0.000000726. The average Bonchev–Trinajstić information content (AvgIpc) is 3.03. The SMILES string of the molecule is C.C.C.C.CC(=O)OCC1OC(C)C(OC(C)=O)C(OC(C)=O)C1OC(C)=O.CC1OC(CO)C(O)C(O)C1O.CC[C@@H]1CCCN2CCCC[C@H]12. The lowest BCUT2D eigenvalue weighted by Gasteiger charge is -2.44. The summed E-state index contributed by atoms with van der Waals surface area (Å²) in [7, 11) is 0. The van der Waals surface area contributed by atoms with Crippen LogP contribution < -0.4 is 0 Å². The molecule has 4 N–H and O–H groups in total. The second-order valence-electron chi connectivity index (χ2n) is 12.8. The Hall–Kier alpha value is -2.40. The van der Waals surface area contributed by atoms with Gasteiger partial charge in [0.25, 0.3) is 0 Å². The van der Waals surface area contributed by atoms with Gasteiger partial charge in [0.1, 0.15) is 37.1 Å². The highest BCUT2D eigenvalue weighted by atomic mass is 16.7. The fourth-order valence-corrected chi connectivity index (χ4v) is 6.79. The molecule has 4 fully saturated rings. The summed E-state index contributed by atoms with van der Waals surface area (Å²) in [6.45, 7) is 12.5. The van der Waals surface area contributed by atoms with Gasteiger partial charge in [0.15, 0.2) is 18.3 Å². The molecule has 52 heavy (non-hydrogen) atoms. The maximum Gasteiger partial charge on any atom is 0.303 e. The molecule has 12 atom stereocenters. The molecule has 0 aromatic heterocycles.